The number of nitrogens with zero attached hydrogens (tertiary/aromatic N) is 1. The topological polar surface area (TPSA) is 40.2 Å². The Labute approximate surface area is 101 Å². The number of hydrogen-bond acceptors (Lipinski definition) is 5. The molecule has 0 aliphatic carbocycles. The van der Waals surface area contributed by atoms with Gasteiger partial charge in [0.1, 0.15) is 12.2 Å². The standard InChI is InChI=1S/C9H18NO4PS/c1-9(2)13-7-5-11-15(16,10(3)4)12-6-8(7)14-9/h7-8H,5-6H2,1-4H3/t7-,8-/m1/s1. The van der Waals surface area contributed by atoms with Crippen molar-refractivity contribution in [3.05, 3.63) is 0 Å². The van der Waals surface area contributed by atoms with Crippen molar-refractivity contribution in [1.82, 2.24) is 4.67 Å². The molecule has 7 heteroatoms. The Morgan fingerprint density at radius 2 is 1.56 bits per heavy atom. The Morgan fingerprint density at radius 3 is 1.94 bits per heavy atom. The average Bonchev–Trinajstić information content (AvgIpc) is 2.38. The molecule has 0 amide bonds. The van der Waals surface area contributed by atoms with Crippen molar-refractivity contribution < 1.29 is 18.5 Å². The lowest BCUT2D eigenvalue weighted by molar-refractivity contribution is -0.152. The van der Waals surface area contributed by atoms with Crippen LogP contribution in [0.1, 0.15) is 13.8 Å². The third kappa shape index (κ3) is 2.48. The van der Waals surface area contributed by atoms with E-state index in [2.05, 4.69) is 0 Å². The molecule has 2 rings (SSSR count). The van der Waals surface area contributed by atoms with Crippen molar-refractivity contribution in [2.75, 3.05) is 27.3 Å². The lowest BCUT2D eigenvalue weighted by Crippen LogP contribution is -2.27. The van der Waals surface area contributed by atoms with Gasteiger partial charge in [-0.3, -0.25) is 0 Å². The van der Waals surface area contributed by atoms with Gasteiger partial charge in [0.05, 0.1) is 13.2 Å². The number of fused-ring (bicyclic) bond motifs is 1. The fourth-order valence-corrected chi connectivity index (χ4v) is 3.37. The molecule has 0 aromatic heterocycles. The van der Waals surface area contributed by atoms with Gasteiger partial charge < -0.3 is 18.5 Å². The van der Waals surface area contributed by atoms with E-state index in [9.17, 15) is 0 Å². The van der Waals surface area contributed by atoms with E-state index >= 15 is 0 Å². The van der Waals surface area contributed by atoms with Crippen molar-refractivity contribution in [2.45, 2.75) is 31.8 Å². The molecule has 0 spiro atoms. The molecule has 0 saturated carbocycles. The van der Waals surface area contributed by atoms with Gasteiger partial charge in [-0.15, -0.1) is 0 Å². The lowest BCUT2D eigenvalue weighted by Gasteiger charge is -2.27. The molecule has 0 aromatic rings. The molecule has 2 aliphatic heterocycles. The molecular formula is C9H18NO4PS. The summed E-state index contributed by atoms with van der Waals surface area (Å²) >= 11 is 5.38. The largest absolute Gasteiger partial charge is 0.342 e. The summed E-state index contributed by atoms with van der Waals surface area (Å²) in [5.74, 6) is -0.555. The zero-order valence-electron chi connectivity index (χ0n) is 10.0. The van der Waals surface area contributed by atoms with Crippen LogP contribution in [0.3, 0.4) is 0 Å². The molecule has 0 aromatic carbocycles. The predicted molar refractivity (Wildman–Crippen MR) is 63.7 cm³/mol. The lowest BCUT2D eigenvalue weighted by atomic mass is 10.2. The quantitative estimate of drug-likeness (QED) is 0.668. The molecule has 94 valence electrons. The van der Waals surface area contributed by atoms with E-state index in [-0.39, 0.29) is 12.2 Å². The first-order valence-electron chi connectivity index (χ1n) is 5.25. The molecule has 5 nitrogen and oxygen atoms in total. The minimum atomic E-state index is -2.32. The van der Waals surface area contributed by atoms with Crippen molar-refractivity contribution in [1.29, 1.82) is 0 Å². The van der Waals surface area contributed by atoms with Crippen LogP contribution in [0.25, 0.3) is 0 Å². The summed E-state index contributed by atoms with van der Waals surface area (Å²) in [6, 6.07) is 0. The van der Waals surface area contributed by atoms with Gasteiger partial charge in [0, 0.05) is 0 Å². The Hall–Kier alpha value is 0.450. The second-order valence-electron chi connectivity index (χ2n) is 4.62. The smallest absolute Gasteiger partial charge is 0.263 e. The van der Waals surface area contributed by atoms with E-state index in [0.29, 0.717) is 13.2 Å². The third-order valence-corrected chi connectivity index (χ3v) is 6.12. The number of rotatable bonds is 1. The van der Waals surface area contributed by atoms with Gasteiger partial charge in [-0.1, -0.05) is 0 Å². The van der Waals surface area contributed by atoms with Gasteiger partial charge >= 0.3 is 0 Å². The Kier molecular flexibility index (Phi) is 3.45. The maximum Gasteiger partial charge on any atom is 0.263 e. The van der Waals surface area contributed by atoms with Gasteiger partial charge in [0.2, 0.25) is 0 Å². The molecule has 2 heterocycles. The molecule has 0 radical (unpaired) electrons. The van der Waals surface area contributed by atoms with E-state index in [1.807, 2.05) is 32.6 Å². The summed E-state index contributed by atoms with van der Waals surface area (Å²) in [7, 11) is 3.74. The number of ether oxygens (including phenoxy) is 2. The Balaban J connectivity index is 2.07. The molecule has 0 N–H and O–H groups in total. The van der Waals surface area contributed by atoms with Gasteiger partial charge in [0.15, 0.2) is 5.79 Å². The van der Waals surface area contributed by atoms with Gasteiger partial charge in [-0.25, -0.2) is 4.67 Å². The second-order valence-corrected chi connectivity index (χ2v) is 8.26. The molecule has 0 bridgehead atoms. The molecular weight excluding hydrogens is 249 g/mol. The van der Waals surface area contributed by atoms with E-state index in [0.717, 1.165) is 0 Å². The highest BCUT2D eigenvalue weighted by molar-refractivity contribution is 8.08. The molecule has 2 saturated heterocycles. The van der Waals surface area contributed by atoms with Crippen molar-refractivity contribution in [3.8, 4) is 0 Å². The van der Waals surface area contributed by atoms with Gasteiger partial charge in [-0.2, -0.15) is 0 Å². The summed E-state index contributed by atoms with van der Waals surface area (Å²) < 4.78 is 24.7. The molecule has 2 aliphatic rings. The highest BCUT2D eigenvalue weighted by Crippen LogP contribution is 2.53. The van der Waals surface area contributed by atoms with Crippen molar-refractivity contribution in [3.63, 3.8) is 0 Å². The minimum absolute atomic E-state index is 0.0835. The highest BCUT2D eigenvalue weighted by Gasteiger charge is 2.45. The predicted octanol–water partition coefficient (Wildman–Crippen LogP) is 1.34. The molecule has 16 heavy (non-hydrogen) atoms. The monoisotopic (exact) mass is 267 g/mol. The van der Waals surface area contributed by atoms with Crippen LogP contribution < -0.4 is 0 Å². The van der Waals surface area contributed by atoms with Crippen LogP contribution in [0.5, 0.6) is 0 Å². The summed E-state index contributed by atoms with van der Waals surface area (Å²) in [6.45, 7) is 2.34. The Bertz CT molecular complexity index is 301. The maximum atomic E-state index is 5.73. The maximum absolute atomic E-state index is 5.73. The van der Waals surface area contributed by atoms with E-state index in [1.54, 1.807) is 0 Å². The third-order valence-electron chi connectivity index (χ3n) is 2.58. The summed E-state index contributed by atoms with van der Waals surface area (Å²) in [5.41, 5.74) is 0. The molecule has 0 unspecified atom stereocenters. The second kappa shape index (κ2) is 4.28. The van der Waals surface area contributed by atoms with Crippen molar-refractivity contribution >= 4 is 18.4 Å². The number of hydrogen-bond donors (Lipinski definition) is 0. The van der Waals surface area contributed by atoms with Crippen LogP contribution >= 0.6 is 6.64 Å². The highest BCUT2D eigenvalue weighted by atomic mass is 32.5. The van der Waals surface area contributed by atoms with Crippen LogP contribution in [-0.4, -0.2) is 50.0 Å². The summed E-state index contributed by atoms with van der Waals surface area (Å²) in [5, 5.41) is 0. The van der Waals surface area contributed by atoms with E-state index in [4.69, 9.17) is 30.3 Å². The fourth-order valence-electron chi connectivity index (χ4n) is 1.79. The minimum Gasteiger partial charge on any atom is -0.342 e. The normalized spacial score (nSPS) is 37.1. The fraction of sp³-hybridized carbons (Fsp3) is 1.00. The summed E-state index contributed by atoms with van der Waals surface area (Å²) in [4.78, 5) is 0. The van der Waals surface area contributed by atoms with Gasteiger partial charge in [0.25, 0.3) is 6.64 Å². The zero-order valence-corrected chi connectivity index (χ0v) is 11.7. The first-order valence-corrected chi connectivity index (χ1v) is 7.84. The van der Waals surface area contributed by atoms with Crippen LogP contribution in [0, 0.1) is 0 Å². The van der Waals surface area contributed by atoms with E-state index in [1.165, 1.54) is 0 Å². The summed E-state index contributed by atoms with van der Waals surface area (Å²) in [6.07, 6.45) is -0.167. The van der Waals surface area contributed by atoms with Crippen LogP contribution in [0.2, 0.25) is 0 Å². The SMILES string of the molecule is CN(C)P1(=S)OC[C@H]2OC(C)(C)O[C@@H]2CO1. The Morgan fingerprint density at radius 1 is 1.12 bits per heavy atom. The zero-order chi connectivity index (χ0) is 12.0. The first kappa shape index (κ1) is 12.9. The first-order chi connectivity index (χ1) is 7.32. The van der Waals surface area contributed by atoms with Crippen LogP contribution in [-0.2, 0) is 30.3 Å². The van der Waals surface area contributed by atoms with Crippen LogP contribution in [0.15, 0.2) is 0 Å². The van der Waals surface area contributed by atoms with Crippen LogP contribution in [0.4, 0.5) is 0 Å². The van der Waals surface area contributed by atoms with Gasteiger partial charge in [-0.05, 0) is 39.7 Å². The average molecular weight is 267 g/mol. The molecule has 2 atom stereocenters. The molecule has 2 fully saturated rings. The van der Waals surface area contributed by atoms with Crippen molar-refractivity contribution in [2.24, 2.45) is 0 Å². The van der Waals surface area contributed by atoms with E-state index < -0.39 is 12.4 Å².